The lowest BCUT2D eigenvalue weighted by Crippen LogP contribution is -2.54. The maximum Gasteiger partial charge on any atom is 0.260 e. The quantitative estimate of drug-likeness (QED) is 0.515. The lowest BCUT2D eigenvalue weighted by Gasteiger charge is -2.37. The van der Waals surface area contributed by atoms with Gasteiger partial charge in [0.2, 0.25) is 0 Å². The standard InChI is InChI=1S/C23H26N8O/c1-13-9-30(10-14(2)26-13)22-17-6-5-7-24-20(17)18(8-25-22)23(32)29-19-12-31-11-15(3)27-16(4)21(31)28-19/h5-8,11-14,26H,9-10H2,1-4H3,(H,29,32)/t13-,14+. The Hall–Kier alpha value is -3.59. The van der Waals surface area contributed by atoms with E-state index < -0.39 is 0 Å². The first-order valence-electron chi connectivity index (χ1n) is 10.8. The highest BCUT2D eigenvalue weighted by Gasteiger charge is 2.25. The average Bonchev–Trinajstić information content (AvgIpc) is 3.14. The molecule has 0 unspecified atom stereocenters. The first-order valence-corrected chi connectivity index (χ1v) is 10.8. The van der Waals surface area contributed by atoms with E-state index in [-0.39, 0.29) is 5.91 Å². The Morgan fingerprint density at radius 2 is 1.91 bits per heavy atom. The molecule has 0 radical (unpaired) electrons. The number of fused-ring (bicyclic) bond motifs is 2. The van der Waals surface area contributed by atoms with Crippen LogP contribution in [0.25, 0.3) is 16.6 Å². The van der Waals surface area contributed by atoms with Crippen LogP contribution in [-0.4, -0.2) is 55.4 Å². The van der Waals surface area contributed by atoms with Crippen LogP contribution in [0.4, 0.5) is 11.6 Å². The summed E-state index contributed by atoms with van der Waals surface area (Å²) in [5.74, 6) is 1.03. The third-order valence-corrected chi connectivity index (χ3v) is 5.69. The number of imidazole rings is 1. The second kappa shape index (κ2) is 7.83. The fraction of sp³-hybridized carbons (Fsp3) is 0.348. The van der Waals surface area contributed by atoms with Gasteiger partial charge in [0.15, 0.2) is 11.5 Å². The summed E-state index contributed by atoms with van der Waals surface area (Å²) in [6.07, 6.45) is 6.99. The van der Waals surface area contributed by atoms with E-state index in [4.69, 9.17) is 4.98 Å². The molecule has 32 heavy (non-hydrogen) atoms. The third-order valence-electron chi connectivity index (χ3n) is 5.69. The molecule has 4 aromatic heterocycles. The summed E-state index contributed by atoms with van der Waals surface area (Å²) in [7, 11) is 0. The largest absolute Gasteiger partial charge is 0.353 e. The van der Waals surface area contributed by atoms with Crippen LogP contribution in [0.3, 0.4) is 0 Å². The number of aryl methyl sites for hydroxylation is 2. The number of carbonyl (C=O) groups is 1. The summed E-state index contributed by atoms with van der Waals surface area (Å²) in [5.41, 5.74) is 3.46. The number of anilines is 2. The molecule has 164 valence electrons. The fourth-order valence-corrected chi connectivity index (χ4v) is 4.52. The van der Waals surface area contributed by atoms with Gasteiger partial charge < -0.3 is 19.9 Å². The summed E-state index contributed by atoms with van der Waals surface area (Å²) in [6, 6.07) is 4.56. The highest BCUT2D eigenvalue weighted by molar-refractivity contribution is 6.12. The zero-order valence-corrected chi connectivity index (χ0v) is 18.6. The molecule has 1 aliphatic heterocycles. The molecule has 1 fully saturated rings. The number of amides is 1. The van der Waals surface area contributed by atoms with Gasteiger partial charge in [-0.15, -0.1) is 0 Å². The van der Waals surface area contributed by atoms with E-state index in [9.17, 15) is 4.79 Å². The lowest BCUT2D eigenvalue weighted by molar-refractivity contribution is 0.102. The summed E-state index contributed by atoms with van der Waals surface area (Å²) in [6.45, 7) is 9.85. The Morgan fingerprint density at radius 3 is 2.69 bits per heavy atom. The summed E-state index contributed by atoms with van der Waals surface area (Å²) in [5, 5.41) is 7.30. The maximum atomic E-state index is 13.2. The highest BCUT2D eigenvalue weighted by Crippen LogP contribution is 2.27. The number of hydrogen-bond donors (Lipinski definition) is 2. The van der Waals surface area contributed by atoms with Crippen molar-refractivity contribution in [2.45, 2.75) is 39.8 Å². The van der Waals surface area contributed by atoms with Crippen LogP contribution in [-0.2, 0) is 0 Å². The highest BCUT2D eigenvalue weighted by atomic mass is 16.1. The second-order valence-electron chi connectivity index (χ2n) is 8.55. The average molecular weight is 431 g/mol. The molecule has 9 nitrogen and oxygen atoms in total. The smallest absolute Gasteiger partial charge is 0.260 e. The topological polar surface area (TPSA) is 100 Å². The Labute approximate surface area is 185 Å². The monoisotopic (exact) mass is 430 g/mol. The molecule has 2 atom stereocenters. The van der Waals surface area contributed by atoms with Crippen LogP contribution in [0.15, 0.2) is 36.9 Å². The molecule has 0 aromatic carbocycles. The Bertz CT molecular complexity index is 1320. The van der Waals surface area contributed by atoms with Crippen LogP contribution in [0.1, 0.15) is 35.6 Å². The van der Waals surface area contributed by atoms with Gasteiger partial charge in [-0.3, -0.25) is 14.8 Å². The molecule has 0 aliphatic carbocycles. The van der Waals surface area contributed by atoms with Gasteiger partial charge >= 0.3 is 0 Å². The van der Waals surface area contributed by atoms with Gasteiger partial charge in [-0.05, 0) is 39.8 Å². The molecule has 5 rings (SSSR count). The van der Waals surface area contributed by atoms with E-state index in [1.165, 1.54) is 0 Å². The van der Waals surface area contributed by atoms with Crippen LogP contribution < -0.4 is 15.5 Å². The van der Waals surface area contributed by atoms with Crippen molar-refractivity contribution < 1.29 is 4.79 Å². The van der Waals surface area contributed by atoms with Gasteiger partial charge in [0.1, 0.15) is 5.82 Å². The molecule has 0 bridgehead atoms. The molecular formula is C23H26N8O. The van der Waals surface area contributed by atoms with Crippen LogP contribution in [0.5, 0.6) is 0 Å². The number of nitrogens with one attached hydrogen (secondary N) is 2. The molecule has 5 heterocycles. The molecule has 0 spiro atoms. The zero-order valence-electron chi connectivity index (χ0n) is 18.6. The van der Waals surface area contributed by atoms with Gasteiger partial charge in [-0.1, -0.05) is 0 Å². The number of piperazine rings is 1. The predicted octanol–water partition coefficient (Wildman–Crippen LogP) is 2.73. The third kappa shape index (κ3) is 3.64. The van der Waals surface area contributed by atoms with Crippen LogP contribution >= 0.6 is 0 Å². The number of hydrogen-bond acceptors (Lipinski definition) is 7. The molecule has 2 N–H and O–H groups in total. The molecule has 1 saturated heterocycles. The number of rotatable bonds is 3. The molecule has 0 saturated carbocycles. The summed E-state index contributed by atoms with van der Waals surface area (Å²) in [4.78, 5) is 33.6. The van der Waals surface area contributed by atoms with Crippen LogP contribution in [0, 0.1) is 13.8 Å². The Morgan fingerprint density at radius 1 is 1.12 bits per heavy atom. The minimum Gasteiger partial charge on any atom is -0.353 e. The predicted molar refractivity (Wildman–Crippen MR) is 124 cm³/mol. The fourth-order valence-electron chi connectivity index (χ4n) is 4.52. The summed E-state index contributed by atoms with van der Waals surface area (Å²) < 4.78 is 1.87. The molecule has 1 aliphatic rings. The van der Waals surface area contributed by atoms with Crippen molar-refractivity contribution in [1.82, 2.24) is 29.7 Å². The van der Waals surface area contributed by atoms with E-state index in [1.54, 1.807) is 18.6 Å². The number of carbonyl (C=O) groups excluding carboxylic acids is 1. The van der Waals surface area contributed by atoms with Crippen molar-refractivity contribution in [1.29, 1.82) is 0 Å². The maximum absolute atomic E-state index is 13.2. The first-order chi connectivity index (χ1) is 15.4. The van der Waals surface area contributed by atoms with E-state index in [2.05, 4.69) is 44.3 Å². The van der Waals surface area contributed by atoms with Crippen LogP contribution in [0.2, 0.25) is 0 Å². The Kier molecular flexibility index (Phi) is 4.97. The van der Waals surface area contributed by atoms with Crippen molar-refractivity contribution >= 4 is 34.1 Å². The van der Waals surface area contributed by atoms with E-state index in [0.29, 0.717) is 34.6 Å². The van der Waals surface area contributed by atoms with Gasteiger partial charge in [0, 0.05) is 49.1 Å². The minimum atomic E-state index is -0.291. The van der Waals surface area contributed by atoms with Gasteiger partial charge in [-0.2, -0.15) is 0 Å². The van der Waals surface area contributed by atoms with E-state index in [1.807, 2.05) is 36.6 Å². The minimum absolute atomic E-state index is 0.291. The van der Waals surface area contributed by atoms with Gasteiger partial charge in [0.05, 0.1) is 28.7 Å². The van der Waals surface area contributed by atoms with Crippen molar-refractivity contribution in [3.8, 4) is 0 Å². The van der Waals surface area contributed by atoms with E-state index in [0.717, 1.165) is 35.7 Å². The molecule has 4 aromatic rings. The SMILES string of the molecule is Cc1cn2cc(NC(=O)c3cnc(N4C[C@@H](C)N[C@@H](C)C4)c4cccnc34)nc2c(C)n1. The molecule has 1 amide bonds. The molecule has 9 heteroatoms. The lowest BCUT2D eigenvalue weighted by atomic mass is 10.1. The summed E-state index contributed by atoms with van der Waals surface area (Å²) >= 11 is 0. The van der Waals surface area contributed by atoms with Gasteiger partial charge in [-0.25, -0.2) is 9.97 Å². The normalized spacial score (nSPS) is 18.9. The Balaban J connectivity index is 1.49. The number of pyridine rings is 2. The molecular weight excluding hydrogens is 404 g/mol. The van der Waals surface area contributed by atoms with Crippen molar-refractivity contribution in [3.05, 3.63) is 53.9 Å². The van der Waals surface area contributed by atoms with Crippen molar-refractivity contribution in [3.63, 3.8) is 0 Å². The van der Waals surface area contributed by atoms with Gasteiger partial charge in [0.25, 0.3) is 5.91 Å². The second-order valence-corrected chi connectivity index (χ2v) is 8.55. The first kappa shape index (κ1) is 20.3. The number of nitrogens with zero attached hydrogens (tertiary/aromatic N) is 6. The number of aromatic nitrogens is 5. The van der Waals surface area contributed by atoms with E-state index >= 15 is 0 Å². The van der Waals surface area contributed by atoms with Crippen molar-refractivity contribution in [2.24, 2.45) is 0 Å². The van der Waals surface area contributed by atoms with Crippen molar-refractivity contribution in [2.75, 3.05) is 23.3 Å². The zero-order chi connectivity index (χ0) is 22.4.